The van der Waals surface area contributed by atoms with Crippen LogP contribution in [0.4, 0.5) is 24.5 Å². The molecule has 1 fully saturated rings. The number of hydrogen-bond donors (Lipinski definition) is 1. The Morgan fingerprint density at radius 2 is 2.03 bits per heavy atom. The van der Waals surface area contributed by atoms with E-state index in [0.29, 0.717) is 34.9 Å². The van der Waals surface area contributed by atoms with E-state index in [2.05, 4.69) is 9.97 Å². The van der Waals surface area contributed by atoms with Gasteiger partial charge in [0, 0.05) is 32.1 Å². The fraction of sp³-hybridized carbons (Fsp3) is 0.381. The number of rotatable bonds is 5. The molecule has 3 aromatic rings. The SMILES string of the molecule is CN(Cc1nc2ccsc2c(=O)[nH]1)C(=O)C1CCN(c2ccc(C(F)(F)F)cc2[N+](=O)[O-])CC1. The minimum absolute atomic E-state index is 0.100. The van der Waals surface area contributed by atoms with E-state index in [1.54, 1.807) is 23.4 Å². The number of aromatic nitrogens is 2. The second kappa shape index (κ2) is 9.05. The number of piperidine rings is 1. The number of aromatic amines is 1. The highest BCUT2D eigenvalue weighted by Crippen LogP contribution is 2.37. The number of carbonyl (C=O) groups is 1. The number of nitrogens with one attached hydrogen (secondary N) is 1. The van der Waals surface area contributed by atoms with Crippen LogP contribution in [0.1, 0.15) is 24.2 Å². The minimum Gasteiger partial charge on any atom is -0.366 e. The van der Waals surface area contributed by atoms with Gasteiger partial charge in [0.2, 0.25) is 5.91 Å². The first-order valence-corrected chi connectivity index (χ1v) is 11.2. The average Bonchev–Trinajstić information content (AvgIpc) is 3.27. The van der Waals surface area contributed by atoms with Crippen LogP contribution >= 0.6 is 11.3 Å². The number of halogens is 3. The van der Waals surface area contributed by atoms with E-state index >= 15 is 0 Å². The number of H-pyrrole nitrogens is 1. The van der Waals surface area contributed by atoms with Crippen LogP contribution in [0.3, 0.4) is 0 Å². The number of benzene rings is 1. The molecule has 1 aliphatic heterocycles. The molecule has 0 saturated carbocycles. The Bertz CT molecular complexity index is 1300. The molecule has 1 N–H and O–H groups in total. The Hall–Kier alpha value is -3.48. The van der Waals surface area contributed by atoms with Crippen LogP contribution in [0.5, 0.6) is 0 Å². The van der Waals surface area contributed by atoms with Gasteiger partial charge in [-0.3, -0.25) is 19.7 Å². The van der Waals surface area contributed by atoms with Crippen molar-refractivity contribution in [2.45, 2.75) is 25.6 Å². The topological polar surface area (TPSA) is 112 Å². The maximum absolute atomic E-state index is 13.0. The average molecular weight is 495 g/mol. The van der Waals surface area contributed by atoms with Crippen molar-refractivity contribution in [3.63, 3.8) is 0 Å². The molecule has 0 spiro atoms. The molecule has 0 radical (unpaired) electrons. The predicted molar refractivity (Wildman–Crippen MR) is 120 cm³/mol. The normalized spacial score (nSPS) is 15.0. The van der Waals surface area contributed by atoms with Crippen molar-refractivity contribution in [2.24, 2.45) is 5.92 Å². The predicted octanol–water partition coefficient (Wildman–Crippen LogP) is 3.79. The van der Waals surface area contributed by atoms with Crippen molar-refractivity contribution < 1.29 is 22.9 Å². The van der Waals surface area contributed by atoms with Gasteiger partial charge in [-0.1, -0.05) is 0 Å². The van der Waals surface area contributed by atoms with Crippen LogP contribution in [0.15, 0.2) is 34.4 Å². The molecular formula is C21H20F3N5O4S. The van der Waals surface area contributed by atoms with Crippen molar-refractivity contribution in [2.75, 3.05) is 25.0 Å². The number of nitro groups is 1. The number of fused-ring (bicyclic) bond motifs is 1. The van der Waals surface area contributed by atoms with E-state index in [-0.39, 0.29) is 42.7 Å². The van der Waals surface area contributed by atoms with Crippen LogP contribution < -0.4 is 10.5 Å². The fourth-order valence-corrected chi connectivity index (χ4v) is 4.82. The molecule has 3 heterocycles. The third kappa shape index (κ3) is 4.74. The summed E-state index contributed by atoms with van der Waals surface area (Å²) < 4.78 is 39.4. The summed E-state index contributed by atoms with van der Waals surface area (Å²) in [5, 5.41) is 13.2. The van der Waals surface area contributed by atoms with E-state index in [9.17, 15) is 32.9 Å². The monoisotopic (exact) mass is 495 g/mol. The van der Waals surface area contributed by atoms with E-state index in [1.165, 1.54) is 16.2 Å². The molecule has 180 valence electrons. The molecule has 1 aromatic carbocycles. The molecule has 1 amide bonds. The number of amides is 1. The molecule has 0 aliphatic carbocycles. The molecule has 0 atom stereocenters. The number of alkyl halides is 3. The van der Waals surface area contributed by atoms with E-state index < -0.39 is 22.4 Å². The largest absolute Gasteiger partial charge is 0.416 e. The van der Waals surface area contributed by atoms with Crippen molar-refractivity contribution in [3.05, 3.63) is 61.5 Å². The van der Waals surface area contributed by atoms with Crippen LogP contribution in [0.2, 0.25) is 0 Å². The summed E-state index contributed by atoms with van der Waals surface area (Å²) in [6, 6.07) is 4.21. The molecule has 1 aliphatic rings. The van der Waals surface area contributed by atoms with Crippen LogP contribution in [-0.2, 0) is 17.5 Å². The van der Waals surface area contributed by atoms with Crippen molar-refractivity contribution in [1.29, 1.82) is 0 Å². The Morgan fingerprint density at radius 3 is 2.68 bits per heavy atom. The molecule has 4 rings (SSSR count). The Morgan fingerprint density at radius 1 is 1.32 bits per heavy atom. The molecule has 9 nitrogen and oxygen atoms in total. The lowest BCUT2D eigenvalue weighted by Gasteiger charge is -2.34. The fourth-order valence-electron chi connectivity index (χ4n) is 4.09. The number of thiophene rings is 1. The van der Waals surface area contributed by atoms with Gasteiger partial charge in [-0.05, 0) is 36.4 Å². The van der Waals surface area contributed by atoms with Gasteiger partial charge in [-0.2, -0.15) is 13.2 Å². The number of carbonyl (C=O) groups excluding carboxylic acids is 1. The zero-order chi connectivity index (χ0) is 24.6. The zero-order valence-corrected chi connectivity index (χ0v) is 18.8. The van der Waals surface area contributed by atoms with Gasteiger partial charge in [0.1, 0.15) is 16.2 Å². The molecule has 34 heavy (non-hydrogen) atoms. The maximum atomic E-state index is 13.0. The third-order valence-electron chi connectivity index (χ3n) is 5.81. The lowest BCUT2D eigenvalue weighted by molar-refractivity contribution is -0.384. The van der Waals surface area contributed by atoms with E-state index in [4.69, 9.17) is 0 Å². The van der Waals surface area contributed by atoms with Gasteiger partial charge in [0.25, 0.3) is 11.2 Å². The molecule has 13 heteroatoms. The first-order valence-electron chi connectivity index (χ1n) is 10.4. The van der Waals surface area contributed by atoms with Crippen LogP contribution in [0, 0.1) is 16.0 Å². The van der Waals surface area contributed by atoms with Gasteiger partial charge in [-0.25, -0.2) is 4.98 Å². The van der Waals surface area contributed by atoms with Gasteiger partial charge in [0.15, 0.2) is 0 Å². The third-order valence-corrected chi connectivity index (χ3v) is 6.71. The molecule has 1 saturated heterocycles. The molecule has 0 bridgehead atoms. The zero-order valence-electron chi connectivity index (χ0n) is 18.0. The number of anilines is 1. The van der Waals surface area contributed by atoms with E-state index in [0.717, 1.165) is 12.1 Å². The Labute approximate surface area is 195 Å². The number of hydrogen-bond acceptors (Lipinski definition) is 7. The highest BCUT2D eigenvalue weighted by Gasteiger charge is 2.35. The molecule has 2 aromatic heterocycles. The lowest BCUT2D eigenvalue weighted by atomic mass is 9.94. The van der Waals surface area contributed by atoms with Crippen molar-refractivity contribution in [1.82, 2.24) is 14.9 Å². The van der Waals surface area contributed by atoms with Crippen LogP contribution in [0.25, 0.3) is 10.2 Å². The summed E-state index contributed by atoms with van der Waals surface area (Å²) in [5.41, 5.74) is -1.29. The first kappa shape index (κ1) is 23.7. The van der Waals surface area contributed by atoms with Gasteiger partial charge < -0.3 is 14.8 Å². The van der Waals surface area contributed by atoms with Gasteiger partial charge in [-0.15, -0.1) is 11.3 Å². The Kier molecular flexibility index (Phi) is 6.30. The highest BCUT2D eigenvalue weighted by molar-refractivity contribution is 7.17. The standard InChI is InChI=1S/C21H20F3N5O4S/c1-27(11-17-25-14-6-9-34-18(14)19(30)26-17)20(31)12-4-7-28(8-5-12)15-3-2-13(21(22,23)24)10-16(15)29(32)33/h2-3,6,9-10,12H,4-5,7-8,11H2,1H3,(H,25,26,30). The second-order valence-electron chi connectivity index (χ2n) is 8.06. The summed E-state index contributed by atoms with van der Waals surface area (Å²) in [4.78, 5) is 45.8. The molecule has 0 unspecified atom stereocenters. The number of nitrogens with zero attached hydrogens (tertiary/aromatic N) is 4. The van der Waals surface area contributed by atoms with Crippen molar-refractivity contribution >= 4 is 38.8 Å². The smallest absolute Gasteiger partial charge is 0.366 e. The van der Waals surface area contributed by atoms with Crippen LogP contribution in [-0.4, -0.2) is 45.8 Å². The first-order chi connectivity index (χ1) is 16.0. The van der Waals surface area contributed by atoms with Crippen molar-refractivity contribution in [3.8, 4) is 0 Å². The van der Waals surface area contributed by atoms with E-state index in [1.807, 2.05) is 0 Å². The molecular weight excluding hydrogens is 475 g/mol. The summed E-state index contributed by atoms with van der Waals surface area (Å²) in [6.07, 6.45) is -3.91. The Balaban J connectivity index is 1.42. The summed E-state index contributed by atoms with van der Waals surface area (Å²) in [7, 11) is 1.60. The summed E-state index contributed by atoms with van der Waals surface area (Å²) in [6.45, 7) is 0.684. The lowest BCUT2D eigenvalue weighted by Crippen LogP contribution is -2.41. The second-order valence-corrected chi connectivity index (χ2v) is 8.98. The highest BCUT2D eigenvalue weighted by atomic mass is 32.1. The quantitative estimate of drug-likeness (QED) is 0.426. The maximum Gasteiger partial charge on any atom is 0.416 e. The summed E-state index contributed by atoms with van der Waals surface area (Å²) in [5.74, 6) is -0.148. The van der Waals surface area contributed by atoms with Gasteiger partial charge >= 0.3 is 6.18 Å². The minimum atomic E-state index is -4.68. The summed E-state index contributed by atoms with van der Waals surface area (Å²) >= 11 is 1.28. The van der Waals surface area contributed by atoms with Gasteiger partial charge in [0.05, 0.1) is 22.5 Å². The number of nitro benzene ring substituents is 1.